The van der Waals surface area contributed by atoms with Gasteiger partial charge in [0.05, 0.1) is 23.7 Å². The van der Waals surface area contributed by atoms with Crippen LogP contribution in [0.5, 0.6) is 0 Å². The van der Waals surface area contributed by atoms with E-state index >= 15 is 0 Å². The number of hydrogen-bond donors (Lipinski definition) is 2. The fraction of sp³-hybridized carbons (Fsp3) is 0.217. The van der Waals surface area contributed by atoms with Gasteiger partial charge in [0, 0.05) is 23.5 Å². The zero-order valence-electron chi connectivity index (χ0n) is 17.2. The van der Waals surface area contributed by atoms with Crippen molar-refractivity contribution in [1.29, 1.82) is 0 Å². The normalized spacial score (nSPS) is 11.0. The van der Waals surface area contributed by atoms with E-state index in [4.69, 9.17) is 0 Å². The molecule has 4 rings (SSSR count). The van der Waals surface area contributed by atoms with Crippen molar-refractivity contribution in [1.82, 2.24) is 25.1 Å². The Bertz CT molecular complexity index is 1290. The molecule has 0 aliphatic heterocycles. The summed E-state index contributed by atoms with van der Waals surface area (Å²) in [5, 5.41) is 8.00. The van der Waals surface area contributed by atoms with E-state index in [1.807, 2.05) is 57.2 Å². The third-order valence-electron chi connectivity index (χ3n) is 5.08. The number of carbonyl (C=O) groups excluding carboxylic acids is 1. The maximum atomic E-state index is 13.0. The number of pyridine rings is 2. The number of nitrogens with zero attached hydrogens (tertiary/aromatic N) is 3. The van der Waals surface area contributed by atoms with E-state index in [0.717, 1.165) is 22.5 Å². The van der Waals surface area contributed by atoms with E-state index in [1.165, 1.54) is 0 Å². The minimum absolute atomic E-state index is 0.154. The first-order valence-corrected chi connectivity index (χ1v) is 9.77. The van der Waals surface area contributed by atoms with Crippen LogP contribution >= 0.6 is 0 Å². The Morgan fingerprint density at radius 1 is 1.13 bits per heavy atom. The molecule has 0 spiro atoms. The Kier molecular flexibility index (Phi) is 5.18. The summed E-state index contributed by atoms with van der Waals surface area (Å²) in [6, 6.07) is 13.6. The second-order valence-electron chi connectivity index (χ2n) is 7.46. The maximum Gasteiger partial charge on any atom is 0.253 e. The van der Waals surface area contributed by atoms with Gasteiger partial charge in [-0.25, -0.2) is 9.67 Å². The highest BCUT2D eigenvalue weighted by molar-refractivity contribution is 6.05. The highest BCUT2D eigenvalue weighted by atomic mass is 16.1. The molecule has 3 aromatic heterocycles. The molecule has 0 aliphatic rings. The fourth-order valence-corrected chi connectivity index (χ4v) is 3.60. The van der Waals surface area contributed by atoms with Crippen LogP contribution in [0.25, 0.3) is 11.0 Å². The Labute approximate surface area is 173 Å². The predicted octanol–water partition coefficient (Wildman–Crippen LogP) is 3.02. The van der Waals surface area contributed by atoms with E-state index in [9.17, 15) is 9.59 Å². The van der Waals surface area contributed by atoms with Gasteiger partial charge in [-0.15, -0.1) is 0 Å². The molecule has 1 aromatic carbocycles. The second kappa shape index (κ2) is 7.94. The maximum absolute atomic E-state index is 13.0. The van der Waals surface area contributed by atoms with Crippen molar-refractivity contribution in [3.8, 4) is 0 Å². The molecule has 0 atom stereocenters. The zero-order valence-corrected chi connectivity index (χ0v) is 17.2. The summed E-state index contributed by atoms with van der Waals surface area (Å²) in [6.07, 6.45) is 1.67. The van der Waals surface area contributed by atoms with Gasteiger partial charge in [0.15, 0.2) is 5.65 Å². The number of aromatic amines is 1. The average Bonchev–Trinajstić information content (AvgIpc) is 3.09. The molecule has 2 N–H and O–H groups in total. The molecule has 0 aliphatic carbocycles. The third kappa shape index (κ3) is 3.87. The van der Waals surface area contributed by atoms with E-state index in [1.54, 1.807) is 16.9 Å². The van der Waals surface area contributed by atoms with Crippen LogP contribution in [0, 0.1) is 20.8 Å². The van der Waals surface area contributed by atoms with Crippen LogP contribution in [0.1, 0.15) is 38.4 Å². The number of amides is 1. The van der Waals surface area contributed by atoms with Crippen molar-refractivity contribution in [2.24, 2.45) is 0 Å². The van der Waals surface area contributed by atoms with Crippen LogP contribution in [0.3, 0.4) is 0 Å². The van der Waals surface area contributed by atoms with Gasteiger partial charge in [-0.1, -0.05) is 30.3 Å². The molecule has 0 saturated carbocycles. The van der Waals surface area contributed by atoms with Crippen LogP contribution in [0.2, 0.25) is 0 Å². The number of nitrogens with one attached hydrogen (secondary N) is 2. The van der Waals surface area contributed by atoms with Crippen molar-refractivity contribution in [3.05, 3.63) is 92.7 Å². The van der Waals surface area contributed by atoms with Gasteiger partial charge in [-0.2, -0.15) is 5.10 Å². The van der Waals surface area contributed by atoms with Gasteiger partial charge in [-0.3, -0.25) is 9.59 Å². The van der Waals surface area contributed by atoms with Gasteiger partial charge < -0.3 is 10.3 Å². The second-order valence-corrected chi connectivity index (χ2v) is 7.46. The molecule has 152 valence electrons. The number of H-pyrrole nitrogens is 1. The van der Waals surface area contributed by atoms with Crippen LogP contribution in [-0.4, -0.2) is 25.7 Å². The molecular formula is C23H23N5O2. The number of carbonyl (C=O) groups is 1. The number of aryl methyl sites for hydroxylation is 3. The van der Waals surface area contributed by atoms with Crippen LogP contribution < -0.4 is 10.9 Å². The average molecular weight is 401 g/mol. The molecule has 1 amide bonds. The zero-order chi connectivity index (χ0) is 21.3. The summed E-state index contributed by atoms with van der Waals surface area (Å²) in [5.41, 5.74) is 5.01. The SMILES string of the molecule is Cc1cc(C(=O)NCc2c(C)cc(C)[nH]c2=O)c2cnn(Cc3ccccc3)c2n1. The Balaban J connectivity index is 1.62. The Hall–Kier alpha value is -3.74. The van der Waals surface area contributed by atoms with Crippen molar-refractivity contribution in [2.45, 2.75) is 33.9 Å². The van der Waals surface area contributed by atoms with Gasteiger partial charge in [0.1, 0.15) is 0 Å². The largest absolute Gasteiger partial charge is 0.348 e. The summed E-state index contributed by atoms with van der Waals surface area (Å²) in [6.45, 7) is 6.28. The van der Waals surface area contributed by atoms with Crippen molar-refractivity contribution in [3.63, 3.8) is 0 Å². The molecule has 0 unspecified atom stereocenters. The van der Waals surface area contributed by atoms with E-state index < -0.39 is 0 Å². The molecule has 0 radical (unpaired) electrons. The highest BCUT2D eigenvalue weighted by Gasteiger charge is 2.17. The molecule has 0 fully saturated rings. The molecule has 7 nitrogen and oxygen atoms in total. The van der Waals surface area contributed by atoms with E-state index in [0.29, 0.717) is 28.7 Å². The smallest absolute Gasteiger partial charge is 0.253 e. The van der Waals surface area contributed by atoms with Crippen LogP contribution in [0.4, 0.5) is 0 Å². The minimum Gasteiger partial charge on any atom is -0.348 e. The van der Waals surface area contributed by atoms with Crippen molar-refractivity contribution >= 4 is 16.9 Å². The lowest BCUT2D eigenvalue weighted by Gasteiger charge is -2.10. The molecule has 0 bridgehead atoms. The van der Waals surface area contributed by atoms with Crippen LogP contribution in [-0.2, 0) is 13.1 Å². The number of benzene rings is 1. The summed E-state index contributed by atoms with van der Waals surface area (Å²) < 4.78 is 1.79. The van der Waals surface area contributed by atoms with Crippen molar-refractivity contribution in [2.75, 3.05) is 0 Å². The quantitative estimate of drug-likeness (QED) is 0.538. The topological polar surface area (TPSA) is 92.7 Å². The summed E-state index contributed by atoms with van der Waals surface area (Å²) in [7, 11) is 0. The number of fused-ring (bicyclic) bond motifs is 1. The molecule has 4 aromatic rings. The Morgan fingerprint density at radius 3 is 2.63 bits per heavy atom. The van der Waals surface area contributed by atoms with E-state index in [-0.39, 0.29) is 18.0 Å². The lowest BCUT2D eigenvalue weighted by Crippen LogP contribution is -2.28. The molecule has 0 saturated heterocycles. The Morgan fingerprint density at radius 2 is 1.90 bits per heavy atom. The first-order valence-electron chi connectivity index (χ1n) is 9.77. The fourth-order valence-electron chi connectivity index (χ4n) is 3.60. The van der Waals surface area contributed by atoms with E-state index in [2.05, 4.69) is 20.4 Å². The number of aromatic nitrogens is 4. The highest BCUT2D eigenvalue weighted by Crippen LogP contribution is 2.19. The lowest BCUT2D eigenvalue weighted by molar-refractivity contribution is 0.0952. The molecular weight excluding hydrogens is 378 g/mol. The lowest BCUT2D eigenvalue weighted by atomic mass is 10.1. The van der Waals surface area contributed by atoms with Gasteiger partial charge in [0.25, 0.3) is 11.5 Å². The van der Waals surface area contributed by atoms with Gasteiger partial charge >= 0.3 is 0 Å². The first-order chi connectivity index (χ1) is 14.4. The minimum atomic E-state index is -0.260. The third-order valence-corrected chi connectivity index (χ3v) is 5.08. The first kappa shape index (κ1) is 19.6. The summed E-state index contributed by atoms with van der Waals surface area (Å²) >= 11 is 0. The van der Waals surface area contributed by atoms with Crippen LogP contribution in [0.15, 0.2) is 53.5 Å². The van der Waals surface area contributed by atoms with Gasteiger partial charge in [0.2, 0.25) is 0 Å². The summed E-state index contributed by atoms with van der Waals surface area (Å²) in [5.74, 6) is -0.260. The monoisotopic (exact) mass is 401 g/mol. The molecule has 7 heteroatoms. The van der Waals surface area contributed by atoms with Crippen molar-refractivity contribution < 1.29 is 4.79 Å². The predicted molar refractivity (Wildman–Crippen MR) is 116 cm³/mol. The molecule has 3 heterocycles. The molecule has 30 heavy (non-hydrogen) atoms. The standard InChI is InChI=1S/C23H23N5O2/c1-14-9-15(2)27-23(30)19(14)11-24-22(29)18-10-16(3)26-21-20(18)12-25-28(21)13-17-7-5-4-6-8-17/h4-10,12H,11,13H2,1-3H3,(H,24,29)(H,27,30). The number of rotatable bonds is 5. The number of hydrogen-bond acceptors (Lipinski definition) is 4. The summed E-state index contributed by atoms with van der Waals surface area (Å²) in [4.78, 5) is 32.6. The van der Waals surface area contributed by atoms with Gasteiger partial charge in [-0.05, 0) is 44.0 Å².